The van der Waals surface area contributed by atoms with E-state index in [1.165, 1.54) is 15.7 Å². The summed E-state index contributed by atoms with van der Waals surface area (Å²) in [6, 6.07) is 55.0. The van der Waals surface area contributed by atoms with Crippen molar-refractivity contribution in [1.29, 1.82) is 0 Å². The molecule has 5 nitrogen and oxygen atoms in total. The summed E-state index contributed by atoms with van der Waals surface area (Å²) in [4.78, 5) is 29.7. The minimum Gasteiger partial charge on any atom is -0.309 e. The van der Waals surface area contributed by atoms with Gasteiger partial charge >= 0.3 is 0 Å². The van der Waals surface area contributed by atoms with Gasteiger partial charge in [0.2, 0.25) is 0 Å². The molecule has 0 saturated carbocycles. The number of carbonyl (C=O) groups excluding carboxylic acids is 2. The molecule has 0 N–H and O–H groups in total. The number of rotatable bonds is 4. The molecule has 0 fully saturated rings. The first-order valence-corrected chi connectivity index (χ1v) is 16.4. The standard InChI is InChI=1S/C44H27N3O2/c48-43-36-16-10-20-40(42(36)44(49)46(43)30-23-21-29(22-24-30)28-11-2-1-3-12-28)47-39-19-9-6-15-34(39)35-26-25-31(27-41(35)47)45-37-17-7-4-13-32(37)33-14-5-8-18-38(33)45/h1-27H. The number of fused-ring (bicyclic) bond motifs is 7. The first-order valence-electron chi connectivity index (χ1n) is 16.4. The van der Waals surface area contributed by atoms with Gasteiger partial charge in [0, 0.05) is 27.2 Å². The fourth-order valence-electron chi connectivity index (χ4n) is 7.68. The molecular formula is C44H27N3O2. The highest BCUT2D eigenvalue weighted by atomic mass is 16.2. The Hall–Kier alpha value is -6.72. The van der Waals surface area contributed by atoms with Crippen LogP contribution in [0.2, 0.25) is 0 Å². The summed E-state index contributed by atoms with van der Waals surface area (Å²) in [5.41, 5.74) is 9.33. The average Bonchev–Trinajstić information content (AvgIpc) is 3.76. The van der Waals surface area contributed by atoms with Crippen molar-refractivity contribution in [3.05, 3.63) is 175 Å². The summed E-state index contributed by atoms with van der Waals surface area (Å²) in [5.74, 6) is -0.645. The van der Waals surface area contributed by atoms with E-state index in [1.807, 2.05) is 78.9 Å². The molecule has 0 atom stereocenters. The maximum atomic E-state index is 14.4. The van der Waals surface area contributed by atoms with Gasteiger partial charge < -0.3 is 9.13 Å². The Balaban J connectivity index is 1.17. The van der Waals surface area contributed by atoms with Crippen molar-refractivity contribution < 1.29 is 9.59 Å². The Morgan fingerprint density at radius 1 is 0.367 bits per heavy atom. The molecule has 1 aliphatic rings. The fraction of sp³-hybridized carbons (Fsp3) is 0. The molecule has 49 heavy (non-hydrogen) atoms. The van der Waals surface area contributed by atoms with Gasteiger partial charge in [-0.2, -0.15) is 0 Å². The minimum absolute atomic E-state index is 0.318. The topological polar surface area (TPSA) is 47.2 Å². The lowest BCUT2D eigenvalue weighted by atomic mass is 10.1. The monoisotopic (exact) mass is 629 g/mol. The molecule has 0 spiro atoms. The van der Waals surface area contributed by atoms with E-state index in [2.05, 4.69) is 88.0 Å². The molecule has 2 amide bonds. The van der Waals surface area contributed by atoms with Gasteiger partial charge in [0.05, 0.1) is 44.6 Å². The van der Waals surface area contributed by atoms with Crippen molar-refractivity contribution in [2.45, 2.75) is 0 Å². The molecule has 3 heterocycles. The zero-order valence-corrected chi connectivity index (χ0v) is 26.2. The fourth-order valence-corrected chi connectivity index (χ4v) is 7.68. The van der Waals surface area contributed by atoms with Crippen LogP contribution in [0.1, 0.15) is 20.7 Å². The third kappa shape index (κ3) is 3.93. The van der Waals surface area contributed by atoms with E-state index in [0.717, 1.165) is 49.7 Å². The molecule has 7 aromatic carbocycles. The third-order valence-electron chi connectivity index (χ3n) is 9.86. The molecule has 5 heteroatoms. The molecule has 230 valence electrons. The van der Waals surface area contributed by atoms with E-state index in [1.54, 1.807) is 6.07 Å². The number of hydrogen-bond acceptors (Lipinski definition) is 2. The first-order chi connectivity index (χ1) is 24.2. The van der Waals surface area contributed by atoms with E-state index >= 15 is 0 Å². The number of imide groups is 1. The number of aromatic nitrogens is 2. The normalized spacial score (nSPS) is 12.9. The van der Waals surface area contributed by atoms with E-state index in [-0.39, 0.29) is 11.8 Å². The molecule has 0 saturated heterocycles. The Labute approximate surface area is 281 Å². The number of hydrogen-bond donors (Lipinski definition) is 0. The van der Waals surface area contributed by atoms with Crippen LogP contribution in [0.5, 0.6) is 0 Å². The zero-order chi connectivity index (χ0) is 32.6. The van der Waals surface area contributed by atoms with Gasteiger partial charge in [0.1, 0.15) is 0 Å². The largest absolute Gasteiger partial charge is 0.309 e. The van der Waals surface area contributed by atoms with Gasteiger partial charge in [-0.05, 0) is 65.7 Å². The van der Waals surface area contributed by atoms with Crippen molar-refractivity contribution in [3.63, 3.8) is 0 Å². The van der Waals surface area contributed by atoms with E-state index in [9.17, 15) is 9.59 Å². The van der Waals surface area contributed by atoms with E-state index in [0.29, 0.717) is 22.5 Å². The van der Waals surface area contributed by atoms with Gasteiger partial charge in [-0.3, -0.25) is 9.59 Å². The smallest absolute Gasteiger partial charge is 0.268 e. The van der Waals surface area contributed by atoms with Crippen LogP contribution < -0.4 is 4.90 Å². The van der Waals surface area contributed by atoms with Crippen LogP contribution in [-0.4, -0.2) is 20.9 Å². The highest BCUT2D eigenvalue weighted by Gasteiger charge is 2.39. The van der Waals surface area contributed by atoms with Crippen LogP contribution in [0, 0.1) is 0 Å². The van der Waals surface area contributed by atoms with Crippen LogP contribution in [0.25, 0.3) is 66.1 Å². The molecule has 10 rings (SSSR count). The Morgan fingerprint density at radius 2 is 0.898 bits per heavy atom. The minimum atomic E-state index is -0.326. The lowest BCUT2D eigenvalue weighted by Crippen LogP contribution is -2.29. The second-order valence-corrected chi connectivity index (χ2v) is 12.5. The Bertz CT molecular complexity index is 2750. The number of nitrogens with zero attached hydrogens (tertiary/aromatic N) is 3. The molecule has 0 radical (unpaired) electrons. The van der Waals surface area contributed by atoms with Crippen molar-refractivity contribution in [2.75, 3.05) is 4.90 Å². The quantitative estimate of drug-likeness (QED) is 0.182. The maximum Gasteiger partial charge on any atom is 0.268 e. The molecule has 9 aromatic rings. The first kappa shape index (κ1) is 27.4. The highest BCUT2D eigenvalue weighted by Crippen LogP contribution is 2.40. The molecule has 0 aliphatic carbocycles. The summed E-state index contributed by atoms with van der Waals surface area (Å²) >= 11 is 0. The van der Waals surface area contributed by atoms with Gasteiger partial charge in [0.15, 0.2) is 0 Å². The third-order valence-corrected chi connectivity index (χ3v) is 9.86. The second-order valence-electron chi connectivity index (χ2n) is 12.5. The summed E-state index contributed by atoms with van der Waals surface area (Å²) in [7, 11) is 0. The molecule has 2 aromatic heterocycles. The van der Waals surface area contributed by atoms with Crippen LogP contribution in [0.4, 0.5) is 5.69 Å². The average molecular weight is 630 g/mol. The molecule has 1 aliphatic heterocycles. The molecule has 0 bridgehead atoms. The zero-order valence-electron chi connectivity index (χ0n) is 26.2. The Kier molecular flexibility index (Phi) is 5.81. The van der Waals surface area contributed by atoms with Gasteiger partial charge in [-0.25, -0.2) is 4.90 Å². The van der Waals surface area contributed by atoms with Gasteiger partial charge in [0.25, 0.3) is 11.8 Å². The number of amides is 2. The van der Waals surface area contributed by atoms with Crippen LogP contribution in [0.15, 0.2) is 164 Å². The summed E-state index contributed by atoms with van der Waals surface area (Å²) in [6.07, 6.45) is 0. The van der Waals surface area contributed by atoms with Crippen molar-refractivity contribution in [1.82, 2.24) is 9.13 Å². The van der Waals surface area contributed by atoms with Crippen LogP contribution in [0.3, 0.4) is 0 Å². The predicted molar refractivity (Wildman–Crippen MR) is 198 cm³/mol. The van der Waals surface area contributed by atoms with Crippen molar-refractivity contribution in [3.8, 4) is 22.5 Å². The van der Waals surface area contributed by atoms with E-state index in [4.69, 9.17) is 0 Å². The summed E-state index contributed by atoms with van der Waals surface area (Å²) in [6.45, 7) is 0. The number of benzene rings is 7. The second kappa shape index (κ2) is 10.4. The van der Waals surface area contributed by atoms with Gasteiger partial charge in [-0.1, -0.05) is 109 Å². The SMILES string of the molecule is O=C1c2cccc(-n3c4ccccc4c4ccc(-n5c6ccccc6c6ccccc65)cc43)c2C(=O)N1c1ccc(-c2ccccc2)cc1. The van der Waals surface area contributed by atoms with Crippen LogP contribution in [-0.2, 0) is 0 Å². The van der Waals surface area contributed by atoms with Crippen molar-refractivity contribution in [2.24, 2.45) is 0 Å². The van der Waals surface area contributed by atoms with Crippen LogP contribution >= 0.6 is 0 Å². The highest BCUT2D eigenvalue weighted by molar-refractivity contribution is 6.35. The van der Waals surface area contributed by atoms with E-state index < -0.39 is 0 Å². The number of carbonyl (C=O) groups is 2. The lowest BCUT2D eigenvalue weighted by molar-refractivity contribution is 0.0926. The maximum absolute atomic E-state index is 14.4. The van der Waals surface area contributed by atoms with Gasteiger partial charge in [-0.15, -0.1) is 0 Å². The summed E-state index contributed by atoms with van der Waals surface area (Å²) in [5, 5.41) is 4.54. The Morgan fingerprint density at radius 3 is 1.55 bits per heavy atom. The number of anilines is 1. The molecule has 0 unspecified atom stereocenters. The van der Waals surface area contributed by atoms with Crippen molar-refractivity contribution >= 4 is 61.1 Å². The summed E-state index contributed by atoms with van der Waals surface area (Å²) < 4.78 is 4.45. The number of para-hydroxylation sites is 3. The molecular weight excluding hydrogens is 603 g/mol. The lowest BCUT2D eigenvalue weighted by Gasteiger charge is -2.15. The predicted octanol–water partition coefficient (Wildman–Crippen LogP) is 10.3.